The zero-order valence-electron chi connectivity index (χ0n) is 12.2. The van der Waals surface area contributed by atoms with Crippen molar-refractivity contribution in [1.82, 2.24) is 5.33 Å². The van der Waals surface area contributed by atoms with E-state index in [9.17, 15) is 0 Å². The third kappa shape index (κ3) is 2.09. The number of fused-ring (bicyclic) bond motifs is 2. The Hall–Kier alpha value is -2.88. The summed E-state index contributed by atoms with van der Waals surface area (Å²) in [7, 11) is 0. The summed E-state index contributed by atoms with van der Waals surface area (Å²) in [5, 5.41) is 3.50. The van der Waals surface area contributed by atoms with E-state index >= 15 is 0 Å². The van der Waals surface area contributed by atoms with Gasteiger partial charge in [0.15, 0.2) is 5.58 Å². The van der Waals surface area contributed by atoms with Crippen LogP contribution in [-0.2, 0) is 6.42 Å². The van der Waals surface area contributed by atoms with Crippen LogP contribution in [0.4, 0.5) is 5.69 Å². The maximum atomic E-state index is 5.78. The van der Waals surface area contributed by atoms with E-state index in [-0.39, 0.29) is 0 Å². The molecule has 0 aliphatic heterocycles. The summed E-state index contributed by atoms with van der Waals surface area (Å²) in [5.74, 6) is 0. The van der Waals surface area contributed by atoms with Gasteiger partial charge in [0.1, 0.15) is 6.26 Å². The molecule has 0 atom stereocenters. The molecular weight excluding hydrogens is 276 g/mol. The van der Waals surface area contributed by atoms with Crippen LogP contribution in [-0.4, -0.2) is 5.33 Å². The van der Waals surface area contributed by atoms with Crippen LogP contribution in [0.5, 0.6) is 0 Å². The average molecular weight is 292 g/mol. The molecule has 1 aliphatic rings. The molecule has 3 N–H and O–H groups in total. The van der Waals surface area contributed by atoms with Crippen LogP contribution in [0.2, 0.25) is 0 Å². The van der Waals surface area contributed by atoms with Crippen LogP contribution >= 0.6 is 0 Å². The Morgan fingerprint density at radius 2 is 1.95 bits per heavy atom. The molecule has 3 aromatic rings. The molecular formula is C18H16N2O2. The molecule has 110 valence electrons. The van der Waals surface area contributed by atoms with Crippen molar-refractivity contribution in [2.75, 3.05) is 5.73 Å². The maximum Gasteiger partial charge on any atom is 0.166 e. The minimum Gasteiger partial charge on any atom is -0.399 e. The maximum absolute atomic E-state index is 5.78. The largest absolute Gasteiger partial charge is 0.399 e. The summed E-state index contributed by atoms with van der Waals surface area (Å²) in [6.07, 6.45) is 4.85. The first-order valence-electron chi connectivity index (χ1n) is 7.19. The van der Waals surface area contributed by atoms with Gasteiger partial charge in [0, 0.05) is 16.6 Å². The van der Waals surface area contributed by atoms with Gasteiger partial charge in [-0.2, -0.15) is 0 Å². The number of aromatic nitrogens is 1. The third-order valence-corrected chi connectivity index (χ3v) is 4.00. The minimum atomic E-state index is 0.737. The van der Waals surface area contributed by atoms with Gasteiger partial charge in [0.2, 0.25) is 0 Å². The van der Waals surface area contributed by atoms with Gasteiger partial charge in [-0.3, -0.25) is 0 Å². The molecule has 0 radical (unpaired) electrons. The van der Waals surface area contributed by atoms with Gasteiger partial charge in [0.25, 0.3) is 0 Å². The third-order valence-electron chi connectivity index (χ3n) is 4.00. The van der Waals surface area contributed by atoms with E-state index < -0.39 is 0 Å². The number of hydrogen-bond acceptors (Lipinski definition) is 3. The Labute approximate surface area is 127 Å². The van der Waals surface area contributed by atoms with Crippen molar-refractivity contribution in [3.63, 3.8) is 0 Å². The molecule has 1 aromatic heterocycles. The SMILES string of the molecule is CC1=Cc2cc3c(-c4ccc(N)cc4)co[nH]oc3cc2C1. The molecule has 4 heteroatoms. The molecule has 0 saturated carbocycles. The van der Waals surface area contributed by atoms with Gasteiger partial charge >= 0.3 is 0 Å². The van der Waals surface area contributed by atoms with Gasteiger partial charge in [0.05, 0.1) is 0 Å². The van der Waals surface area contributed by atoms with Crippen molar-refractivity contribution >= 4 is 22.7 Å². The summed E-state index contributed by atoms with van der Waals surface area (Å²) in [6.45, 7) is 2.14. The van der Waals surface area contributed by atoms with Crippen LogP contribution in [0, 0.1) is 0 Å². The van der Waals surface area contributed by atoms with E-state index in [0.29, 0.717) is 0 Å². The van der Waals surface area contributed by atoms with E-state index in [1.54, 1.807) is 6.26 Å². The van der Waals surface area contributed by atoms with Gasteiger partial charge < -0.3 is 14.8 Å². The van der Waals surface area contributed by atoms with Crippen molar-refractivity contribution in [3.05, 3.63) is 59.4 Å². The number of nitrogens with two attached hydrogens (primary N) is 1. The first-order valence-corrected chi connectivity index (χ1v) is 7.19. The van der Waals surface area contributed by atoms with Crippen molar-refractivity contribution in [3.8, 4) is 11.1 Å². The van der Waals surface area contributed by atoms with Gasteiger partial charge in [-0.1, -0.05) is 29.1 Å². The van der Waals surface area contributed by atoms with Crippen molar-refractivity contribution in [2.45, 2.75) is 13.3 Å². The lowest BCUT2D eigenvalue weighted by molar-refractivity contribution is 0.210. The zero-order chi connectivity index (χ0) is 15.1. The normalized spacial score (nSPS) is 13.0. The van der Waals surface area contributed by atoms with Gasteiger partial charge in [-0.05, 0) is 54.3 Å². The molecule has 1 heterocycles. The molecule has 22 heavy (non-hydrogen) atoms. The Balaban J connectivity index is 2.02. The Morgan fingerprint density at radius 1 is 1.14 bits per heavy atom. The minimum absolute atomic E-state index is 0.737. The molecule has 0 unspecified atom stereocenters. The van der Waals surface area contributed by atoms with Crippen LogP contribution in [0.15, 0.2) is 57.3 Å². The van der Waals surface area contributed by atoms with Gasteiger partial charge in [-0.25, -0.2) is 0 Å². The highest BCUT2D eigenvalue weighted by Gasteiger charge is 2.14. The quantitative estimate of drug-likeness (QED) is 0.639. The fraction of sp³-hybridized carbons (Fsp3) is 0.111. The first-order chi connectivity index (χ1) is 10.7. The standard InChI is InChI=1S/C18H16N2O2/c1-11-6-13-8-16-17(12-2-4-15(19)5-3-12)10-21-20-22-18(16)9-14(13)7-11/h2-6,8-10,20H,7,19H2,1H3. The topological polar surface area (TPSA) is 68.1 Å². The number of aromatic amines is 1. The number of rotatable bonds is 1. The van der Waals surface area contributed by atoms with E-state index in [1.807, 2.05) is 24.3 Å². The number of nitrogen functional groups attached to an aromatic ring is 1. The molecule has 4 nitrogen and oxygen atoms in total. The number of nitrogens with one attached hydrogen (secondary N) is 1. The summed E-state index contributed by atoms with van der Waals surface area (Å²) < 4.78 is 10.8. The second-order valence-electron chi connectivity index (χ2n) is 5.67. The van der Waals surface area contributed by atoms with E-state index in [2.05, 4.69) is 30.5 Å². The predicted molar refractivity (Wildman–Crippen MR) is 87.7 cm³/mol. The summed E-state index contributed by atoms with van der Waals surface area (Å²) in [4.78, 5) is 0. The van der Waals surface area contributed by atoms with Crippen molar-refractivity contribution in [2.24, 2.45) is 0 Å². The lowest BCUT2D eigenvalue weighted by Gasteiger charge is -2.04. The summed E-state index contributed by atoms with van der Waals surface area (Å²) in [6, 6.07) is 11.9. The fourth-order valence-corrected chi connectivity index (χ4v) is 2.94. The fourth-order valence-electron chi connectivity index (χ4n) is 2.94. The first kappa shape index (κ1) is 12.8. The van der Waals surface area contributed by atoms with Crippen LogP contribution in [0.3, 0.4) is 0 Å². The zero-order valence-corrected chi connectivity index (χ0v) is 12.2. The molecule has 4 rings (SSSR count). The Kier molecular flexibility index (Phi) is 2.82. The molecule has 0 spiro atoms. The van der Waals surface area contributed by atoms with E-state index in [1.165, 1.54) is 16.7 Å². The molecule has 0 bridgehead atoms. The van der Waals surface area contributed by atoms with Gasteiger partial charge in [-0.15, -0.1) is 0 Å². The summed E-state index contributed by atoms with van der Waals surface area (Å²) in [5.41, 5.74) is 13.1. The van der Waals surface area contributed by atoms with E-state index in [0.717, 1.165) is 34.2 Å². The van der Waals surface area contributed by atoms with Crippen molar-refractivity contribution < 1.29 is 9.05 Å². The number of benzene rings is 2. The Bertz CT molecular complexity index is 922. The highest BCUT2D eigenvalue weighted by atomic mass is 16.7. The smallest absolute Gasteiger partial charge is 0.166 e. The monoisotopic (exact) mass is 292 g/mol. The lowest BCUT2D eigenvalue weighted by Crippen LogP contribution is -1.86. The van der Waals surface area contributed by atoms with Crippen LogP contribution in [0.25, 0.3) is 28.2 Å². The molecule has 0 saturated heterocycles. The molecule has 0 amide bonds. The van der Waals surface area contributed by atoms with Crippen molar-refractivity contribution in [1.29, 1.82) is 0 Å². The highest BCUT2D eigenvalue weighted by Crippen LogP contribution is 2.33. The number of allylic oxidation sites excluding steroid dienone is 1. The second kappa shape index (κ2) is 4.84. The number of anilines is 1. The van der Waals surface area contributed by atoms with Crippen LogP contribution < -0.4 is 5.73 Å². The molecule has 0 fully saturated rings. The second-order valence-corrected chi connectivity index (χ2v) is 5.67. The number of hydrogen-bond donors (Lipinski definition) is 2. The molecule has 1 aliphatic carbocycles. The highest BCUT2D eigenvalue weighted by molar-refractivity contribution is 5.95. The lowest BCUT2D eigenvalue weighted by atomic mass is 10.00. The average Bonchev–Trinajstić information content (AvgIpc) is 2.74. The van der Waals surface area contributed by atoms with E-state index in [4.69, 9.17) is 14.8 Å². The summed E-state index contributed by atoms with van der Waals surface area (Å²) >= 11 is 0. The predicted octanol–water partition coefficient (Wildman–Crippen LogP) is 4.69. The number of H-pyrrole nitrogens is 1. The Morgan fingerprint density at radius 3 is 2.77 bits per heavy atom. The van der Waals surface area contributed by atoms with Crippen LogP contribution in [0.1, 0.15) is 18.1 Å². The molecule has 2 aromatic carbocycles.